The number of rotatable bonds is 1. The van der Waals surface area contributed by atoms with Crippen LogP contribution in [0.2, 0.25) is 0 Å². The molecule has 14 heavy (non-hydrogen) atoms. The second-order valence-corrected chi connectivity index (χ2v) is 3.81. The van der Waals surface area contributed by atoms with Gasteiger partial charge in [-0.25, -0.2) is 0 Å². The molecular formula is C12H26N2. The largest absolute Gasteiger partial charge is 0.270 e. The summed E-state index contributed by atoms with van der Waals surface area (Å²) in [6.45, 7) is 14.7. The van der Waals surface area contributed by atoms with E-state index >= 15 is 0 Å². The summed E-state index contributed by atoms with van der Waals surface area (Å²) in [4.78, 5) is 0. The summed E-state index contributed by atoms with van der Waals surface area (Å²) in [6.07, 6.45) is 3.75. The first-order valence-electron chi connectivity index (χ1n) is 5.53. The van der Waals surface area contributed by atoms with Gasteiger partial charge in [0, 0.05) is 18.4 Å². The summed E-state index contributed by atoms with van der Waals surface area (Å²) >= 11 is 0. The number of hydrogen-bond donors (Lipinski definition) is 0. The summed E-state index contributed by atoms with van der Waals surface area (Å²) in [5, 5.41) is 4.03. The maximum Gasteiger partial charge on any atom is 0.0489 e. The lowest BCUT2D eigenvalue weighted by Gasteiger charge is -2.01. The molecule has 0 unspecified atom stereocenters. The lowest BCUT2D eigenvalue weighted by Crippen LogP contribution is -1.99. The molecule has 0 spiro atoms. The molecule has 1 aromatic heterocycles. The zero-order chi connectivity index (χ0) is 11.6. The number of nitrogens with zero attached hydrogens (tertiary/aromatic N) is 2. The number of hydrogen-bond acceptors (Lipinski definition) is 1. The van der Waals surface area contributed by atoms with Gasteiger partial charge in [-0.1, -0.05) is 34.6 Å². The second-order valence-electron chi connectivity index (χ2n) is 3.81. The van der Waals surface area contributed by atoms with Gasteiger partial charge in [-0.05, 0) is 25.8 Å². The normalized spacial score (nSPS) is 8.93. The van der Waals surface area contributed by atoms with Crippen molar-refractivity contribution >= 4 is 0 Å². The molecule has 0 bridgehead atoms. The highest BCUT2D eigenvalue weighted by Crippen LogP contribution is 1.98. The van der Waals surface area contributed by atoms with Gasteiger partial charge in [-0.2, -0.15) is 5.10 Å². The Kier molecular flexibility index (Phi) is 11.5. The highest BCUT2D eigenvalue weighted by Gasteiger charge is 1.91. The van der Waals surface area contributed by atoms with E-state index in [0.717, 1.165) is 5.92 Å². The summed E-state index contributed by atoms with van der Waals surface area (Å²) < 4.78 is 1.92. The fourth-order valence-corrected chi connectivity index (χ4v) is 0.586. The third-order valence-corrected chi connectivity index (χ3v) is 1.05. The predicted molar refractivity (Wildman–Crippen MR) is 64.5 cm³/mol. The second kappa shape index (κ2) is 10.3. The van der Waals surface area contributed by atoms with Crippen molar-refractivity contribution < 1.29 is 0 Å². The van der Waals surface area contributed by atoms with Crippen LogP contribution < -0.4 is 0 Å². The molecule has 0 amide bonds. The fourth-order valence-electron chi connectivity index (χ4n) is 0.586. The molecule has 0 aliphatic carbocycles. The Balaban J connectivity index is 0. The van der Waals surface area contributed by atoms with Crippen molar-refractivity contribution in [3.63, 3.8) is 0 Å². The molecule has 2 heteroatoms. The van der Waals surface area contributed by atoms with E-state index in [0.29, 0.717) is 6.04 Å². The Hall–Kier alpha value is -0.790. The Morgan fingerprint density at radius 1 is 1.00 bits per heavy atom. The third-order valence-electron chi connectivity index (χ3n) is 1.05. The minimum atomic E-state index is 0.491. The highest BCUT2D eigenvalue weighted by atomic mass is 15.3. The highest BCUT2D eigenvalue weighted by molar-refractivity contribution is 4.79. The minimum absolute atomic E-state index is 0.491. The van der Waals surface area contributed by atoms with E-state index in [1.54, 1.807) is 6.20 Å². The van der Waals surface area contributed by atoms with Gasteiger partial charge >= 0.3 is 0 Å². The van der Waals surface area contributed by atoms with E-state index in [1.165, 1.54) is 0 Å². The van der Waals surface area contributed by atoms with Crippen LogP contribution in [0.4, 0.5) is 0 Å². The molecule has 0 radical (unpaired) electrons. The summed E-state index contributed by atoms with van der Waals surface area (Å²) in [6, 6.07) is 2.42. The molecule has 0 saturated carbocycles. The van der Waals surface area contributed by atoms with Crippen molar-refractivity contribution in [2.75, 3.05) is 0 Å². The fraction of sp³-hybridized carbons (Fsp3) is 0.750. The molecule has 0 aromatic carbocycles. The Labute approximate surface area is 89.3 Å². The maximum atomic E-state index is 4.03. The number of aromatic nitrogens is 2. The molecule has 0 aliphatic heterocycles. The van der Waals surface area contributed by atoms with Gasteiger partial charge in [0.05, 0.1) is 0 Å². The van der Waals surface area contributed by atoms with Crippen molar-refractivity contribution in [3.05, 3.63) is 18.5 Å². The smallest absolute Gasteiger partial charge is 0.0489 e. The van der Waals surface area contributed by atoms with E-state index in [2.05, 4.69) is 39.7 Å². The van der Waals surface area contributed by atoms with Crippen LogP contribution in [-0.4, -0.2) is 9.78 Å². The van der Waals surface area contributed by atoms with Gasteiger partial charge in [0.2, 0.25) is 0 Å². The first-order valence-corrected chi connectivity index (χ1v) is 5.53. The van der Waals surface area contributed by atoms with Crippen molar-refractivity contribution in [2.45, 2.75) is 54.5 Å². The molecule has 1 aromatic rings. The SMILES string of the molecule is CC.CC(C)C.CC(C)n1cccn1. The molecule has 0 atom stereocenters. The molecule has 84 valence electrons. The standard InChI is InChI=1S/C6H10N2.C4H10.C2H6/c1-6(2)8-5-3-4-7-8;1-4(2)3;1-2/h3-6H,1-2H3;4H,1-3H3;1-2H3. The Morgan fingerprint density at radius 3 is 1.57 bits per heavy atom. The lowest BCUT2D eigenvalue weighted by atomic mass is 10.3. The topological polar surface area (TPSA) is 17.8 Å². The molecular weight excluding hydrogens is 172 g/mol. The van der Waals surface area contributed by atoms with Gasteiger partial charge in [0.15, 0.2) is 0 Å². The molecule has 0 N–H and O–H groups in total. The zero-order valence-corrected chi connectivity index (χ0v) is 10.8. The van der Waals surface area contributed by atoms with Gasteiger partial charge < -0.3 is 0 Å². The zero-order valence-electron chi connectivity index (χ0n) is 10.8. The van der Waals surface area contributed by atoms with E-state index < -0.39 is 0 Å². The molecule has 1 rings (SSSR count). The molecule has 2 nitrogen and oxygen atoms in total. The van der Waals surface area contributed by atoms with Crippen LogP contribution in [0.15, 0.2) is 18.5 Å². The Bertz CT molecular complexity index is 173. The first-order chi connectivity index (χ1) is 6.54. The van der Waals surface area contributed by atoms with Crippen LogP contribution in [0.25, 0.3) is 0 Å². The van der Waals surface area contributed by atoms with Crippen molar-refractivity contribution in [2.24, 2.45) is 5.92 Å². The molecule has 0 aliphatic rings. The van der Waals surface area contributed by atoms with E-state index in [1.807, 2.05) is 30.8 Å². The van der Waals surface area contributed by atoms with Crippen molar-refractivity contribution in [1.29, 1.82) is 0 Å². The Morgan fingerprint density at radius 2 is 1.43 bits per heavy atom. The minimum Gasteiger partial charge on any atom is -0.270 e. The average Bonchev–Trinajstić information content (AvgIpc) is 2.58. The van der Waals surface area contributed by atoms with Crippen molar-refractivity contribution in [1.82, 2.24) is 9.78 Å². The quantitative estimate of drug-likeness (QED) is 0.662. The van der Waals surface area contributed by atoms with E-state index in [-0.39, 0.29) is 0 Å². The average molecular weight is 198 g/mol. The van der Waals surface area contributed by atoms with Crippen LogP contribution in [0.5, 0.6) is 0 Å². The van der Waals surface area contributed by atoms with E-state index in [4.69, 9.17) is 0 Å². The summed E-state index contributed by atoms with van der Waals surface area (Å²) in [5.74, 6) is 0.833. The predicted octanol–water partition coefficient (Wildman–Crippen LogP) is 4.15. The van der Waals surface area contributed by atoms with Gasteiger partial charge in [0.1, 0.15) is 0 Å². The molecule has 1 heterocycles. The van der Waals surface area contributed by atoms with Gasteiger partial charge in [-0.3, -0.25) is 4.68 Å². The molecule has 0 fully saturated rings. The van der Waals surface area contributed by atoms with Crippen LogP contribution in [0.1, 0.15) is 54.5 Å². The van der Waals surface area contributed by atoms with Crippen LogP contribution >= 0.6 is 0 Å². The first kappa shape index (κ1) is 15.7. The van der Waals surface area contributed by atoms with Crippen LogP contribution in [0, 0.1) is 5.92 Å². The monoisotopic (exact) mass is 198 g/mol. The summed E-state index contributed by atoms with van der Waals surface area (Å²) in [5.41, 5.74) is 0. The van der Waals surface area contributed by atoms with E-state index in [9.17, 15) is 0 Å². The maximum absolute atomic E-state index is 4.03. The van der Waals surface area contributed by atoms with Crippen molar-refractivity contribution in [3.8, 4) is 0 Å². The van der Waals surface area contributed by atoms with Gasteiger partial charge in [-0.15, -0.1) is 0 Å². The molecule has 0 saturated heterocycles. The van der Waals surface area contributed by atoms with Gasteiger partial charge in [0.25, 0.3) is 0 Å². The lowest BCUT2D eigenvalue weighted by molar-refractivity contribution is 0.532. The van der Waals surface area contributed by atoms with Crippen LogP contribution in [-0.2, 0) is 0 Å². The third kappa shape index (κ3) is 11.2. The van der Waals surface area contributed by atoms with Crippen LogP contribution in [0.3, 0.4) is 0 Å². The summed E-state index contributed by atoms with van der Waals surface area (Å²) in [7, 11) is 0.